The molecule has 1 saturated heterocycles. The number of anilines is 1. The molecule has 0 saturated carbocycles. The third kappa shape index (κ3) is 3.98. The molecule has 1 fully saturated rings. The second-order valence-corrected chi connectivity index (χ2v) is 8.93. The summed E-state index contributed by atoms with van der Waals surface area (Å²) in [5, 5.41) is 1.96. The van der Waals surface area contributed by atoms with Crippen LogP contribution in [0.5, 0.6) is 5.75 Å². The van der Waals surface area contributed by atoms with Crippen LogP contribution in [0, 0.1) is 5.92 Å². The number of ether oxygens (including phenoxy) is 1. The van der Waals surface area contributed by atoms with E-state index in [1.807, 2.05) is 48.5 Å². The Morgan fingerprint density at radius 1 is 1.04 bits per heavy atom. The summed E-state index contributed by atoms with van der Waals surface area (Å²) in [6.45, 7) is 2.18. The van der Waals surface area contributed by atoms with Gasteiger partial charge < -0.3 is 9.64 Å². The molecule has 4 rings (SSSR count). The first-order valence-electron chi connectivity index (χ1n) is 9.43. The van der Waals surface area contributed by atoms with Crippen molar-refractivity contribution < 1.29 is 13.2 Å². The Labute approximate surface area is 166 Å². The second-order valence-electron chi connectivity index (χ2n) is 7.16. The molecule has 5 nitrogen and oxygen atoms in total. The average Bonchev–Trinajstić information content (AvgIpc) is 3.21. The quantitative estimate of drug-likeness (QED) is 0.691. The average molecular weight is 397 g/mol. The molecule has 0 aromatic heterocycles. The third-order valence-electron chi connectivity index (χ3n) is 5.30. The van der Waals surface area contributed by atoms with Crippen molar-refractivity contribution in [2.75, 3.05) is 31.6 Å². The van der Waals surface area contributed by atoms with E-state index in [2.05, 4.69) is 15.7 Å². The van der Waals surface area contributed by atoms with Crippen molar-refractivity contribution in [1.29, 1.82) is 0 Å². The molecule has 0 unspecified atom stereocenters. The summed E-state index contributed by atoms with van der Waals surface area (Å²) in [7, 11) is -1.86. The highest BCUT2D eigenvalue weighted by atomic mass is 32.2. The van der Waals surface area contributed by atoms with Crippen molar-refractivity contribution in [2.45, 2.75) is 11.3 Å². The molecule has 0 aliphatic carbocycles. The van der Waals surface area contributed by atoms with E-state index >= 15 is 0 Å². The van der Waals surface area contributed by atoms with E-state index in [9.17, 15) is 8.42 Å². The zero-order valence-electron chi connectivity index (χ0n) is 15.8. The Bertz CT molecular complexity index is 1080. The van der Waals surface area contributed by atoms with Gasteiger partial charge in [-0.05, 0) is 47.4 Å². The molecular formula is C22H24N2O3S. The first kappa shape index (κ1) is 18.8. The fraction of sp³-hybridized carbons (Fsp3) is 0.273. The lowest BCUT2D eigenvalue weighted by atomic mass is 10.1. The number of sulfonamides is 1. The van der Waals surface area contributed by atoms with E-state index in [1.54, 1.807) is 19.2 Å². The van der Waals surface area contributed by atoms with Crippen molar-refractivity contribution in [3.8, 4) is 5.75 Å². The normalized spacial score (nSPS) is 17.2. The predicted molar refractivity (Wildman–Crippen MR) is 112 cm³/mol. The molecule has 0 bridgehead atoms. The smallest absolute Gasteiger partial charge is 0.240 e. The van der Waals surface area contributed by atoms with Gasteiger partial charge in [-0.15, -0.1) is 0 Å². The Kier molecular flexibility index (Phi) is 5.24. The Balaban J connectivity index is 1.40. The van der Waals surface area contributed by atoms with Crippen LogP contribution >= 0.6 is 0 Å². The van der Waals surface area contributed by atoms with Gasteiger partial charge in [-0.3, -0.25) is 0 Å². The summed E-state index contributed by atoms with van der Waals surface area (Å²) in [6.07, 6.45) is 0.956. The maximum Gasteiger partial charge on any atom is 0.240 e. The van der Waals surface area contributed by atoms with E-state index in [0.29, 0.717) is 11.4 Å². The summed E-state index contributed by atoms with van der Waals surface area (Å²) in [6, 6.07) is 21.0. The van der Waals surface area contributed by atoms with Gasteiger partial charge in [0, 0.05) is 31.4 Å². The standard InChI is InChI=1S/C22H24N2O3S/c1-27-21-8-4-7-20(14-21)24-12-11-17(16-24)15-23-28(25,26)22-10-9-18-5-2-3-6-19(18)13-22/h2-10,13-14,17,23H,11-12,15-16H2,1H3/t17-/m1/s1. The van der Waals surface area contributed by atoms with Crippen molar-refractivity contribution in [3.63, 3.8) is 0 Å². The lowest BCUT2D eigenvalue weighted by Crippen LogP contribution is -2.31. The van der Waals surface area contributed by atoms with Crippen LogP contribution in [-0.2, 0) is 10.0 Å². The molecule has 3 aromatic carbocycles. The van der Waals surface area contributed by atoms with Crippen LogP contribution in [0.25, 0.3) is 10.8 Å². The van der Waals surface area contributed by atoms with Crippen LogP contribution in [0.3, 0.4) is 0 Å². The fourth-order valence-electron chi connectivity index (χ4n) is 3.69. The molecule has 0 spiro atoms. The molecule has 3 aromatic rings. The lowest BCUT2D eigenvalue weighted by molar-refractivity contribution is 0.415. The van der Waals surface area contributed by atoms with E-state index < -0.39 is 10.0 Å². The number of benzene rings is 3. The van der Waals surface area contributed by atoms with Crippen LogP contribution in [0.15, 0.2) is 71.6 Å². The zero-order valence-corrected chi connectivity index (χ0v) is 16.7. The van der Waals surface area contributed by atoms with Gasteiger partial charge >= 0.3 is 0 Å². The van der Waals surface area contributed by atoms with Crippen LogP contribution in [0.1, 0.15) is 6.42 Å². The molecule has 1 aliphatic rings. The minimum Gasteiger partial charge on any atom is -0.497 e. The van der Waals surface area contributed by atoms with E-state index in [-0.39, 0.29) is 5.92 Å². The number of nitrogens with one attached hydrogen (secondary N) is 1. The van der Waals surface area contributed by atoms with Gasteiger partial charge in [0.1, 0.15) is 5.75 Å². The number of nitrogens with zero attached hydrogens (tertiary/aromatic N) is 1. The van der Waals surface area contributed by atoms with Crippen LogP contribution in [0.4, 0.5) is 5.69 Å². The third-order valence-corrected chi connectivity index (χ3v) is 6.72. The number of fused-ring (bicyclic) bond motifs is 1. The highest BCUT2D eigenvalue weighted by molar-refractivity contribution is 7.89. The van der Waals surface area contributed by atoms with Gasteiger partial charge in [-0.2, -0.15) is 0 Å². The highest BCUT2D eigenvalue weighted by Crippen LogP contribution is 2.27. The minimum absolute atomic E-state index is 0.279. The second kappa shape index (κ2) is 7.81. The van der Waals surface area contributed by atoms with Crippen molar-refractivity contribution in [3.05, 3.63) is 66.7 Å². The number of hydrogen-bond acceptors (Lipinski definition) is 4. The molecule has 1 atom stereocenters. The molecule has 1 aliphatic heterocycles. The van der Waals surface area contributed by atoms with Crippen LogP contribution in [0.2, 0.25) is 0 Å². The van der Waals surface area contributed by atoms with Crippen molar-refractivity contribution in [1.82, 2.24) is 4.72 Å². The first-order chi connectivity index (χ1) is 13.5. The fourth-order valence-corrected chi connectivity index (χ4v) is 4.84. The number of rotatable bonds is 6. The van der Waals surface area contributed by atoms with Crippen molar-refractivity contribution in [2.24, 2.45) is 5.92 Å². The molecule has 146 valence electrons. The zero-order chi connectivity index (χ0) is 19.6. The highest BCUT2D eigenvalue weighted by Gasteiger charge is 2.25. The van der Waals surface area contributed by atoms with Gasteiger partial charge in [0.25, 0.3) is 0 Å². The van der Waals surface area contributed by atoms with Crippen LogP contribution < -0.4 is 14.4 Å². The summed E-state index contributed by atoms with van der Waals surface area (Å²) in [5.41, 5.74) is 1.11. The van der Waals surface area contributed by atoms with E-state index in [0.717, 1.165) is 41.7 Å². The largest absolute Gasteiger partial charge is 0.497 e. The first-order valence-corrected chi connectivity index (χ1v) is 10.9. The van der Waals surface area contributed by atoms with Gasteiger partial charge in [0.2, 0.25) is 10.0 Å². The minimum atomic E-state index is -3.52. The molecule has 28 heavy (non-hydrogen) atoms. The SMILES string of the molecule is COc1cccc(N2CC[C@H](CNS(=O)(=O)c3ccc4ccccc4c3)C2)c1. The summed E-state index contributed by atoms with van der Waals surface area (Å²) >= 11 is 0. The van der Waals surface area contributed by atoms with Gasteiger partial charge in [0.05, 0.1) is 12.0 Å². The number of methoxy groups -OCH3 is 1. The Hall–Kier alpha value is -2.57. The van der Waals surface area contributed by atoms with Crippen molar-refractivity contribution >= 4 is 26.5 Å². The maximum absolute atomic E-state index is 12.7. The molecule has 1 heterocycles. The molecule has 1 N–H and O–H groups in total. The van der Waals surface area contributed by atoms with Gasteiger partial charge in [0.15, 0.2) is 0 Å². The summed E-state index contributed by atoms with van der Waals surface area (Å²) in [5.74, 6) is 1.11. The van der Waals surface area contributed by atoms with Gasteiger partial charge in [-0.25, -0.2) is 13.1 Å². The Morgan fingerprint density at radius 3 is 2.68 bits per heavy atom. The lowest BCUT2D eigenvalue weighted by Gasteiger charge is -2.19. The monoisotopic (exact) mass is 396 g/mol. The molecule has 0 radical (unpaired) electrons. The summed E-state index contributed by atoms with van der Waals surface area (Å²) < 4.78 is 33.5. The number of hydrogen-bond donors (Lipinski definition) is 1. The predicted octanol–water partition coefficient (Wildman–Crippen LogP) is 3.65. The maximum atomic E-state index is 12.7. The summed E-state index contributed by atoms with van der Waals surface area (Å²) in [4.78, 5) is 2.59. The molecule has 6 heteroatoms. The van der Waals surface area contributed by atoms with Gasteiger partial charge in [-0.1, -0.05) is 36.4 Å². The topological polar surface area (TPSA) is 58.6 Å². The molecule has 0 amide bonds. The van der Waals surface area contributed by atoms with Crippen LogP contribution in [-0.4, -0.2) is 35.2 Å². The van der Waals surface area contributed by atoms with E-state index in [4.69, 9.17) is 4.74 Å². The van der Waals surface area contributed by atoms with E-state index in [1.165, 1.54) is 0 Å². The molecular weight excluding hydrogens is 372 g/mol. The Morgan fingerprint density at radius 2 is 1.86 bits per heavy atom.